The first-order valence-electron chi connectivity index (χ1n) is 5.66. The van der Waals surface area contributed by atoms with Crippen molar-refractivity contribution in [3.05, 3.63) is 23.5 Å². The molecule has 0 bridgehead atoms. The lowest BCUT2D eigenvalue weighted by Gasteiger charge is -2.32. The number of aromatic nitrogens is 1. The summed E-state index contributed by atoms with van der Waals surface area (Å²) in [6.07, 6.45) is 4.37. The number of hydrogen-bond donors (Lipinski definition) is 0. The van der Waals surface area contributed by atoms with Gasteiger partial charge in [0.05, 0.1) is 0 Å². The van der Waals surface area contributed by atoms with Crippen LogP contribution in [0.15, 0.2) is 23.2 Å². The summed E-state index contributed by atoms with van der Waals surface area (Å²) in [5, 5.41) is 0.0465. The van der Waals surface area contributed by atoms with Gasteiger partial charge in [-0.25, -0.2) is 13.4 Å². The number of pyridine rings is 1. The highest BCUT2D eigenvalue weighted by Crippen LogP contribution is 2.27. The van der Waals surface area contributed by atoms with E-state index in [4.69, 9.17) is 11.6 Å². The number of halogens is 1. The van der Waals surface area contributed by atoms with Crippen LogP contribution in [0.4, 0.5) is 0 Å². The molecule has 17 heavy (non-hydrogen) atoms. The summed E-state index contributed by atoms with van der Waals surface area (Å²) in [4.78, 5) is 3.93. The Morgan fingerprint density at radius 1 is 1.47 bits per heavy atom. The molecule has 6 heteroatoms. The molecule has 1 fully saturated rings. The summed E-state index contributed by atoms with van der Waals surface area (Å²) < 4.78 is 26.4. The lowest BCUT2D eigenvalue weighted by atomic mass is 10.1. The molecular formula is C11H15ClN2O2S. The molecule has 1 atom stereocenters. The van der Waals surface area contributed by atoms with Crippen molar-refractivity contribution in [2.45, 2.75) is 37.1 Å². The largest absolute Gasteiger partial charge is 0.246 e. The zero-order valence-electron chi connectivity index (χ0n) is 9.63. The fourth-order valence-corrected chi connectivity index (χ4v) is 4.25. The van der Waals surface area contributed by atoms with Crippen LogP contribution in [-0.4, -0.2) is 30.3 Å². The molecule has 0 aliphatic carbocycles. The Morgan fingerprint density at radius 2 is 2.24 bits per heavy atom. The van der Waals surface area contributed by atoms with Crippen LogP contribution in [0.5, 0.6) is 0 Å². The molecule has 1 unspecified atom stereocenters. The Kier molecular flexibility index (Phi) is 3.70. The number of sulfonamides is 1. The lowest BCUT2D eigenvalue weighted by molar-refractivity contribution is 0.268. The quantitative estimate of drug-likeness (QED) is 0.778. The van der Waals surface area contributed by atoms with Crippen molar-refractivity contribution in [2.75, 3.05) is 6.54 Å². The molecule has 0 amide bonds. The Labute approximate surface area is 107 Å². The van der Waals surface area contributed by atoms with Gasteiger partial charge in [-0.2, -0.15) is 4.31 Å². The van der Waals surface area contributed by atoms with Gasteiger partial charge >= 0.3 is 0 Å². The highest BCUT2D eigenvalue weighted by atomic mass is 35.5. The van der Waals surface area contributed by atoms with E-state index in [1.165, 1.54) is 16.6 Å². The van der Waals surface area contributed by atoms with Gasteiger partial charge in [0, 0.05) is 18.8 Å². The molecule has 0 N–H and O–H groups in total. The van der Waals surface area contributed by atoms with E-state index >= 15 is 0 Å². The standard InChI is InChI=1S/C11H15ClN2O2S/c1-9-5-2-3-8-14(9)17(15,16)10-6-4-7-13-11(10)12/h4,6-7,9H,2-3,5,8H2,1H3. The predicted octanol–water partition coefficient (Wildman–Crippen LogP) is 2.30. The molecule has 0 radical (unpaired) electrons. The van der Waals surface area contributed by atoms with Crippen LogP contribution in [0.25, 0.3) is 0 Å². The van der Waals surface area contributed by atoms with Gasteiger partial charge in [-0.05, 0) is 31.9 Å². The third-order valence-electron chi connectivity index (χ3n) is 3.05. The normalized spacial score (nSPS) is 22.6. The average Bonchev–Trinajstić information content (AvgIpc) is 2.29. The lowest BCUT2D eigenvalue weighted by Crippen LogP contribution is -2.42. The molecule has 1 aliphatic heterocycles. The van der Waals surface area contributed by atoms with Gasteiger partial charge in [-0.3, -0.25) is 0 Å². The van der Waals surface area contributed by atoms with Gasteiger partial charge in [0.15, 0.2) is 0 Å². The fraction of sp³-hybridized carbons (Fsp3) is 0.545. The molecule has 0 saturated carbocycles. The van der Waals surface area contributed by atoms with Crippen LogP contribution in [0.1, 0.15) is 26.2 Å². The van der Waals surface area contributed by atoms with Crippen molar-refractivity contribution < 1.29 is 8.42 Å². The van der Waals surface area contributed by atoms with E-state index in [0.717, 1.165) is 19.3 Å². The molecule has 1 aromatic rings. The number of nitrogens with zero attached hydrogens (tertiary/aromatic N) is 2. The minimum Gasteiger partial charge on any atom is -0.243 e. The van der Waals surface area contributed by atoms with E-state index < -0.39 is 10.0 Å². The Bertz CT molecular complexity index is 504. The van der Waals surface area contributed by atoms with Gasteiger partial charge in [-0.15, -0.1) is 0 Å². The van der Waals surface area contributed by atoms with E-state index in [1.807, 2.05) is 6.92 Å². The molecule has 0 spiro atoms. The molecule has 94 valence electrons. The van der Waals surface area contributed by atoms with Crippen molar-refractivity contribution in [1.29, 1.82) is 0 Å². The van der Waals surface area contributed by atoms with Crippen molar-refractivity contribution in [3.8, 4) is 0 Å². The first kappa shape index (κ1) is 12.8. The second-order valence-corrected chi connectivity index (χ2v) is 6.47. The Balaban J connectivity index is 2.39. The van der Waals surface area contributed by atoms with Gasteiger partial charge < -0.3 is 0 Å². The van der Waals surface area contributed by atoms with Crippen molar-refractivity contribution in [2.24, 2.45) is 0 Å². The molecule has 1 aliphatic rings. The van der Waals surface area contributed by atoms with Crippen LogP contribution in [0, 0.1) is 0 Å². The minimum atomic E-state index is -3.50. The maximum Gasteiger partial charge on any atom is 0.246 e. The average molecular weight is 275 g/mol. The predicted molar refractivity (Wildman–Crippen MR) is 66.5 cm³/mol. The summed E-state index contributed by atoms with van der Waals surface area (Å²) in [6.45, 7) is 2.50. The van der Waals surface area contributed by atoms with E-state index in [1.54, 1.807) is 6.07 Å². The minimum absolute atomic E-state index is 0.0324. The molecule has 4 nitrogen and oxygen atoms in total. The van der Waals surface area contributed by atoms with E-state index in [-0.39, 0.29) is 16.1 Å². The molecule has 2 heterocycles. The summed E-state index contributed by atoms with van der Waals surface area (Å²) in [7, 11) is -3.50. The van der Waals surface area contributed by atoms with Crippen LogP contribution < -0.4 is 0 Å². The van der Waals surface area contributed by atoms with Crippen molar-refractivity contribution in [3.63, 3.8) is 0 Å². The van der Waals surface area contributed by atoms with Crippen LogP contribution in [0.3, 0.4) is 0 Å². The summed E-state index contributed by atoms with van der Waals surface area (Å²) in [5.74, 6) is 0. The van der Waals surface area contributed by atoms with Crippen LogP contribution >= 0.6 is 11.6 Å². The third kappa shape index (κ3) is 2.46. The first-order valence-corrected chi connectivity index (χ1v) is 7.47. The number of piperidine rings is 1. The van der Waals surface area contributed by atoms with Crippen LogP contribution in [0.2, 0.25) is 5.15 Å². The summed E-state index contributed by atoms with van der Waals surface area (Å²) >= 11 is 5.86. The maximum atomic E-state index is 12.4. The second-order valence-electron chi connectivity index (χ2n) is 4.25. The van der Waals surface area contributed by atoms with E-state index in [2.05, 4.69) is 4.98 Å². The molecule has 1 saturated heterocycles. The molecular weight excluding hydrogens is 260 g/mol. The smallest absolute Gasteiger partial charge is 0.243 e. The molecule has 2 rings (SSSR count). The Hall–Kier alpha value is -0.650. The molecule has 1 aromatic heterocycles. The fourth-order valence-electron chi connectivity index (χ4n) is 2.12. The van der Waals surface area contributed by atoms with E-state index in [9.17, 15) is 8.42 Å². The summed E-state index contributed by atoms with van der Waals surface area (Å²) in [6, 6.07) is 3.13. The van der Waals surface area contributed by atoms with E-state index in [0.29, 0.717) is 6.54 Å². The Morgan fingerprint density at radius 3 is 2.88 bits per heavy atom. The van der Waals surface area contributed by atoms with Gasteiger partial charge in [0.1, 0.15) is 10.0 Å². The van der Waals surface area contributed by atoms with Crippen molar-refractivity contribution >= 4 is 21.6 Å². The van der Waals surface area contributed by atoms with Crippen molar-refractivity contribution in [1.82, 2.24) is 9.29 Å². The van der Waals surface area contributed by atoms with Gasteiger partial charge in [0.2, 0.25) is 10.0 Å². The zero-order valence-corrected chi connectivity index (χ0v) is 11.2. The SMILES string of the molecule is CC1CCCCN1S(=O)(=O)c1cccnc1Cl. The monoisotopic (exact) mass is 274 g/mol. The first-order chi connectivity index (χ1) is 8.03. The molecule has 0 aromatic carbocycles. The zero-order chi connectivity index (χ0) is 12.5. The summed E-state index contributed by atoms with van der Waals surface area (Å²) in [5.41, 5.74) is 0. The van der Waals surface area contributed by atoms with Gasteiger partial charge in [-0.1, -0.05) is 18.0 Å². The second kappa shape index (κ2) is 4.92. The highest BCUT2D eigenvalue weighted by Gasteiger charge is 2.32. The number of hydrogen-bond acceptors (Lipinski definition) is 3. The highest BCUT2D eigenvalue weighted by molar-refractivity contribution is 7.89. The van der Waals surface area contributed by atoms with Gasteiger partial charge in [0.25, 0.3) is 0 Å². The van der Waals surface area contributed by atoms with Crippen LogP contribution in [-0.2, 0) is 10.0 Å². The topological polar surface area (TPSA) is 50.3 Å². The number of rotatable bonds is 2. The third-order valence-corrected chi connectivity index (χ3v) is 5.51. The maximum absolute atomic E-state index is 12.4.